The minimum absolute atomic E-state index is 0.148. The molecule has 1 aliphatic heterocycles. The summed E-state index contributed by atoms with van der Waals surface area (Å²) in [6.45, 7) is 2.88. The van der Waals surface area contributed by atoms with Gasteiger partial charge in [-0.1, -0.05) is 6.07 Å². The van der Waals surface area contributed by atoms with Gasteiger partial charge in [-0.2, -0.15) is 0 Å². The predicted molar refractivity (Wildman–Crippen MR) is 115 cm³/mol. The second-order valence-electron chi connectivity index (χ2n) is 7.60. The zero-order valence-electron chi connectivity index (χ0n) is 17.5. The van der Waals surface area contributed by atoms with Crippen molar-refractivity contribution >= 4 is 11.8 Å². The van der Waals surface area contributed by atoms with Gasteiger partial charge in [0.2, 0.25) is 0 Å². The van der Waals surface area contributed by atoms with E-state index in [1.54, 1.807) is 36.6 Å². The number of fused-ring (bicyclic) bond motifs is 1. The van der Waals surface area contributed by atoms with Crippen molar-refractivity contribution in [2.45, 2.75) is 26.4 Å². The molecule has 0 bridgehead atoms. The first-order valence-electron chi connectivity index (χ1n) is 10.1. The Bertz CT molecular complexity index is 1200. The summed E-state index contributed by atoms with van der Waals surface area (Å²) in [5.41, 5.74) is 3.37. The second kappa shape index (κ2) is 8.51. The summed E-state index contributed by atoms with van der Waals surface area (Å²) in [5, 5.41) is 2.83. The van der Waals surface area contributed by atoms with E-state index in [0.29, 0.717) is 37.3 Å². The Balaban J connectivity index is 1.59. The van der Waals surface area contributed by atoms with Crippen LogP contribution in [0.4, 0.5) is 0 Å². The van der Waals surface area contributed by atoms with Gasteiger partial charge >= 0.3 is 0 Å². The van der Waals surface area contributed by atoms with Gasteiger partial charge in [0.1, 0.15) is 11.3 Å². The number of nitrogens with zero attached hydrogens (tertiary/aromatic N) is 4. The van der Waals surface area contributed by atoms with Gasteiger partial charge in [-0.15, -0.1) is 0 Å². The van der Waals surface area contributed by atoms with Gasteiger partial charge in [0.05, 0.1) is 0 Å². The first-order valence-corrected chi connectivity index (χ1v) is 10.1. The van der Waals surface area contributed by atoms with Crippen molar-refractivity contribution in [1.29, 1.82) is 0 Å². The lowest BCUT2D eigenvalue weighted by Gasteiger charge is -2.30. The van der Waals surface area contributed by atoms with E-state index < -0.39 is 5.91 Å². The van der Waals surface area contributed by atoms with Crippen LogP contribution in [0.2, 0.25) is 0 Å². The third kappa shape index (κ3) is 4.23. The summed E-state index contributed by atoms with van der Waals surface area (Å²) in [7, 11) is 1.62. The van der Waals surface area contributed by atoms with Crippen LogP contribution in [0, 0.1) is 6.92 Å². The molecule has 0 atom stereocenters. The smallest absolute Gasteiger partial charge is 0.272 e. The summed E-state index contributed by atoms with van der Waals surface area (Å²) in [6, 6.07) is 8.96. The SMILES string of the molecule is Cc1cccc(C(=O)N2CCc3c(cn(C)c(=O)c3C(=O)NCc3ccncc3)C2)n1. The van der Waals surface area contributed by atoms with Gasteiger partial charge in [0.15, 0.2) is 0 Å². The van der Waals surface area contributed by atoms with Gasteiger partial charge in [-0.25, -0.2) is 4.98 Å². The maximum Gasteiger partial charge on any atom is 0.272 e. The van der Waals surface area contributed by atoms with E-state index in [2.05, 4.69) is 15.3 Å². The third-order valence-electron chi connectivity index (χ3n) is 5.39. The van der Waals surface area contributed by atoms with Crippen LogP contribution in [0.15, 0.2) is 53.7 Å². The molecule has 4 rings (SSSR count). The second-order valence-corrected chi connectivity index (χ2v) is 7.60. The van der Waals surface area contributed by atoms with Crippen LogP contribution in [0.3, 0.4) is 0 Å². The molecule has 0 saturated heterocycles. The molecule has 1 N–H and O–H groups in total. The minimum atomic E-state index is -0.408. The Kier molecular flexibility index (Phi) is 5.62. The fourth-order valence-electron chi connectivity index (χ4n) is 3.79. The van der Waals surface area contributed by atoms with Gasteiger partial charge in [0.25, 0.3) is 17.4 Å². The Morgan fingerprint density at radius 2 is 1.94 bits per heavy atom. The van der Waals surface area contributed by atoms with Crippen molar-refractivity contribution < 1.29 is 9.59 Å². The number of aromatic nitrogens is 3. The highest BCUT2D eigenvalue weighted by atomic mass is 16.2. The Labute approximate surface area is 179 Å². The maximum atomic E-state index is 12.9. The lowest BCUT2D eigenvalue weighted by Crippen LogP contribution is -2.41. The number of rotatable bonds is 4. The summed E-state index contributed by atoms with van der Waals surface area (Å²) in [6.07, 6.45) is 5.45. The normalized spacial score (nSPS) is 12.9. The quantitative estimate of drug-likeness (QED) is 0.696. The van der Waals surface area contributed by atoms with Gasteiger partial charge in [0, 0.05) is 51.0 Å². The van der Waals surface area contributed by atoms with E-state index in [0.717, 1.165) is 16.8 Å². The number of hydrogen-bond donors (Lipinski definition) is 1. The van der Waals surface area contributed by atoms with Gasteiger partial charge in [-0.05, 0) is 54.3 Å². The summed E-state index contributed by atoms with van der Waals surface area (Å²) < 4.78 is 1.40. The van der Waals surface area contributed by atoms with Crippen molar-refractivity contribution in [3.05, 3.63) is 92.9 Å². The number of pyridine rings is 3. The fourth-order valence-corrected chi connectivity index (χ4v) is 3.79. The number of nitrogens with one attached hydrogen (secondary N) is 1. The molecule has 0 aromatic carbocycles. The van der Waals surface area contributed by atoms with E-state index in [9.17, 15) is 14.4 Å². The van der Waals surface area contributed by atoms with Crippen LogP contribution in [-0.2, 0) is 26.6 Å². The zero-order chi connectivity index (χ0) is 22.0. The van der Waals surface area contributed by atoms with Crippen molar-refractivity contribution in [1.82, 2.24) is 24.8 Å². The van der Waals surface area contributed by atoms with Crippen molar-refractivity contribution in [2.75, 3.05) is 6.54 Å². The highest BCUT2D eigenvalue weighted by Crippen LogP contribution is 2.22. The average Bonchev–Trinajstić information content (AvgIpc) is 2.78. The molecule has 0 unspecified atom stereocenters. The van der Waals surface area contributed by atoms with E-state index in [-0.39, 0.29) is 17.0 Å². The minimum Gasteiger partial charge on any atom is -0.348 e. The average molecular weight is 417 g/mol. The molecule has 0 spiro atoms. The molecule has 4 heterocycles. The summed E-state index contributed by atoms with van der Waals surface area (Å²) >= 11 is 0. The van der Waals surface area contributed by atoms with Crippen molar-refractivity contribution in [2.24, 2.45) is 7.05 Å². The molecular formula is C23H23N5O3. The molecule has 2 amide bonds. The Hall–Kier alpha value is -3.81. The molecular weight excluding hydrogens is 394 g/mol. The van der Waals surface area contributed by atoms with E-state index in [1.165, 1.54) is 4.57 Å². The standard InChI is InChI=1S/C23H23N5O3/c1-15-4-3-5-19(26-15)22(30)28-11-8-18-17(14-28)13-27(2)23(31)20(18)21(29)25-12-16-6-9-24-10-7-16/h3-7,9-10,13H,8,11-12,14H2,1-2H3,(H,25,29). The first-order chi connectivity index (χ1) is 14.9. The number of carbonyl (C=O) groups excluding carboxylic acids is 2. The third-order valence-corrected chi connectivity index (χ3v) is 5.39. The number of amides is 2. The Morgan fingerprint density at radius 3 is 2.68 bits per heavy atom. The molecule has 0 saturated carbocycles. The van der Waals surface area contributed by atoms with Crippen LogP contribution in [0.1, 0.15) is 43.2 Å². The first kappa shape index (κ1) is 20.5. The number of hydrogen-bond acceptors (Lipinski definition) is 5. The topological polar surface area (TPSA) is 97.2 Å². The Morgan fingerprint density at radius 1 is 1.16 bits per heavy atom. The van der Waals surface area contributed by atoms with Crippen LogP contribution in [0.25, 0.3) is 0 Å². The van der Waals surface area contributed by atoms with E-state index >= 15 is 0 Å². The zero-order valence-corrected chi connectivity index (χ0v) is 17.5. The molecule has 0 fully saturated rings. The molecule has 3 aromatic rings. The lowest BCUT2D eigenvalue weighted by atomic mass is 9.95. The lowest BCUT2D eigenvalue weighted by molar-refractivity contribution is 0.0727. The maximum absolute atomic E-state index is 12.9. The van der Waals surface area contributed by atoms with E-state index in [1.807, 2.05) is 31.2 Å². The van der Waals surface area contributed by atoms with Crippen molar-refractivity contribution in [3.8, 4) is 0 Å². The van der Waals surface area contributed by atoms with Crippen LogP contribution >= 0.6 is 0 Å². The van der Waals surface area contributed by atoms with Crippen LogP contribution < -0.4 is 10.9 Å². The highest BCUT2D eigenvalue weighted by molar-refractivity contribution is 5.96. The van der Waals surface area contributed by atoms with Crippen molar-refractivity contribution in [3.63, 3.8) is 0 Å². The van der Waals surface area contributed by atoms with Gasteiger partial charge < -0.3 is 14.8 Å². The molecule has 8 nitrogen and oxygen atoms in total. The molecule has 0 radical (unpaired) electrons. The number of carbonyl (C=O) groups is 2. The molecule has 3 aromatic heterocycles. The molecule has 8 heteroatoms. The summed E-state index contributed by atoms with van der Waals surface area (Å²) in [5.74, 6) is -0.568. The number of aryl methyl sites for hydroxylation is 2. The monoisotopic (exact) mass is 417 g/mol. The van der Waals surface area contributed by atoms with Crippen LogP contribution in [0.5, 0.6) is 0 Å². The largest absolute Gasteiger partial charge is 0.348 e. The van der Waals surface area contributed by atoms with E-state index in [4.69, 9.17) is 0 Å². The molecule has 31 heavy (non-hydrogen) atoms. The fraction of sp³-hybridized carbons (Fsp3) is 0.261. The highest BCUT2D eigenvalue weighted by Gasteiger charge is 2.28. The molecule has 0 aliphatic carbocycles. The van der Waals surface area contributed by atoms with Crippen LogP contribution in [-0.4, -0.2) is 37.8 Å². The molecule has 158 valence electrons. The summed E-state index contributed by atoms with van der Waals surface area (Å²) in [4.78, 5) is 48.6. The molecule has 1 aliphatic rings. The van der Waals surface area contributed by atoms with Gasteiger partial charge in [-0.3, -0.25) is 19.4 Å². The predicted octanol–water partition coefficient (Wildman–Crippen LogP) is 1.61.